The fraction of sp³-hybridized carbons (Fsp3) is 0.160. The monoisotopic (exact) mass is 445 g/mol. The van der Waals surface area contributed by atoms with Gasteiger partial charge in [-0.3, -0.25) is 9.36 Å². The summed E-state index contributed by atoms with van der Waals surface area (Å²) >= 11 is 1.36. The molecule has 0 atom stereocenters. The lowest BCUT2D eigenvalue weighted by molar-refractivity contribution is 0.102. The molecule has 0 aliphatic carbocycles. The Labute approximate surface area is 191 Å². The molecule has 7 heteroatoms. The minimum absolute atomic E-state index is 0.0318. The van der Waals surface area contributed by atoms with Gasteiger partial charge in [-0.1, -0.05) is 59.8 Å². The number of Topliss-reactive ketones (excluding diaryl/α,β-unsaturated/α-hetero) is 1. The number of methoxy groups -OCH3 is 2. The number of nitrogens with zero attached hydrogens (tertiary/aromatic N) is 3. The number of ketones is 1. The first-order chi connectivity index (χ1) is 15.6. The molecule has 32 heavy (non-hydrogen) atoms. The summed E-state index contributed by atoms with van der Waals surface area (Å²) in [7, 11) is 3.12. The predicted octanol–water partition coefficient (Wildman–Crippen LogP) is 5.23. The molecule has 0 amide bonds. The third-order valence-electron chi connectivity index (χ3n) is 5.00. The third-order valence-corrected chi connectivity index (χ3v) is 5.92. The van der Waals surface area contributed by atoms with E-state index < -0.39 is 0 Å². The summed E-state index contributed by atoms with van der Waals surface area (Å²) in [6, 6.07) is 23.2. The summed E-state index contributed by atoms with van der Waals surface area (Å²) in [5.41, 5.74) is 3.62. The SMILES string of the molecule is COc1ccc(C(=O)CSc2nnc(-c3ccccc3)n2-c2ccc(C)cc2)cc1OC. The molecule has 1 aromatic heterocycles. The van der Waals surface area contributed by atoms with Gasteiger partial charge >= 0.3 is 0 Å². The van der Waals surface area contributed by atoms with Gasteiger partial charge in [0.15, 0.2) is 28.3 Å². The van der Waals surface area contributed by atoms with Crippen LogP contribution in [-0.4, -0.2) is 40.5 Å². The number of ether oxygens (including phenoxy) is 2. The zero-order chi connectivity index (χ0) is 22.5. The van der Waals surface area contributed by atoms with Gasteiger partial charge in [0.25, 0.3) is 0 Å². The van der Waals surface area contributed by atoms with Crippen LogP contribution in [0.15, 0.2) is 78.0 Å². The number of carbonyl (C=O) groups excluding carboxylic acids is 1. The quantitative estimate of drug-likeness (QED) is 0.273. The van der Waals surface area contributed by atoms with Crippen molar-refractivity contribution >= 4 is 17.5 Å². The van der Waals surface area contributed by atoms with E-state index in [0.29, 0.717) is 22.2 Å². The molecule has 0 radical (unpaired) electrons. The first kappa shape index (κ1) is 21.6. The molecule has 6 nitrogen and oxygen atoms in total. The minimum atomic E-state index is -0.0318. The van der Waals surface area contributed by atoms with E-state index in [1.54, 1.807) is 32.4 Å². The van der Waals surface area contributed by atoms with Crippen LogP contribution in [0.5, 0.6) is 11.5 Å². The Bertz CT molecular complexity index is 1220. The van der Waals surface area contributed by atoms with Crippen molar-refractivity contribution < 1.29 is 14.3 Å². The van der Waals surface area contributed by atoms with E-state index in [-0.39, 0.29) is 11.5 Å². The van der Waals surface area contributed by atoms with Crippen molar-refractivity contribution in [2.45, 2.75) is 12.1 Å². The molecule has 0 spiro atoms. The van der Waals surface area contributed by atoms with Gasteiger partial charge in [0.1, 0.15) is 0 Å². The van der Waals surface area contributed by atoms with E-state index in [2.05, 4.69) is 10.2 Å². The molecule has 0 aliphatic heterocycles. The number of thioether (sulfide) groups is 1. The van der Waals surface area contributed by atoms with Gasteiger partial charge < -0.3 is 9.47 Å². The van der Waals surface area contributed by atoms with E-state index >= 15 is 0 Å². The predicted molar refractivity (Wildman–Crippen MR) is 126 cm³/mol. The number of hydrogen-bond donors (Lipinski definition) is 0. The maximum Gasteiger partial charge on any atom is 0.196 e. The van der Waals surface area contributed by atoms with E-state index in [1.807, 2.05) is 66.1 Å². The highest BCUT2D eigenvalue weighted by Crippen LogP contribution is 2.30. The molecule has 4 rings (SSSR count). The average molecular weight is 446 g/mol. The second-order valence-electron chi connectivity index (χ2n) is 7.12. The number of hydrogen-bond acceptors (Lipinski definition) is 6. The summed E-state index contributed by atoms with van der Waals surface area (Å²) in [5.74, 6) is 2.03. The van der Waals surface area contributed by atoms with Gasteiger partial charge in [0.2, 0.25) is 0 Å². The van der Waals surface area contributed by atoms with Crippen LogP contribution in [0, 0.1) is 6.92 Å². The van der Waals surface area contributed by atoms with E-state index in [1.165, 1.54) is 17.3 Å². The van der Waals surface area contributed by atoms with Crippen LogP contribution >= 0.6 is 11.8 Å². The number of benzene rings is 3. The number of aryl methyl sites for hydroxylation is 1. The van der Waals surface area contributed by atoms with E-state index in [4.69, 9.17) is 9.47 Å². The van der Waals surface area contributed by atoms with Crippen LogP contribution in [0.25, 0.3) is 17.1 Å². The summed E-state index contributed by atoms with van der Waals surface area (Å²) < 4.78 is 12.6. The van der Waals surface area contributed by atoms with Crippen molar-refractivity contribution in [3.05, 3.63) is 83.9 Å². The highest BCUT2D eigenvalue weighted by atomic mass is 32.2. The fourth-order valence-electron chi connectivity index (χ4n) is 3.29. The van der Waals surface area contributed by atoms with Gasteiger partial charge in [-0.05, 0) is 37.3 Å². The molecule has 4 aromatic rings. The molecule has 0 saturated heterocycles. The lowest BCUT2D eigenvalue weighted by Gasteiger charge is -2.11. The molecule has 1 heterocycles. The Morgan fingerprint density at radius 1 is 0.906 bits per heavy atom. The maximum atomic E-state index is 12.9. The highest BCUT2D eigenvalue weighted by molar-refractivity contribution is 7.99. The van der Waals surface area contributed by atoms with Crippen molar-refractivity contribution in [2.75, 3.05) is 20.0 Å². The molecular formula is C25H23N3O3S. The van der Waals surface area contributed by atoms with E-state index in [9.17, 15) is 4.79 Å². The Balaban J connectivity index is 1.63. The lowest BCUT2D eigenvalue weighted by atomic mass is 10.1. The van der Waals surface area contributed by atoms with Gasteiger partial charge in [-0.15, -0.1) is 10.2 Å². The molecule has 0 saturated carbocycles. The summed E-state index contributed by atoms with van der Waals surface area (Å²) in [5, 5.41) is 9.48. The lowest BCUT2D eigenvalue weighted by Crippen LogP contribution is -2.05. The van der Waals surface area contributed by atoms with Crippen LogP contribution in [-0.2, 0) is 0 Å². The smallest absolute Gasteiger partial charge is 0.196 e. The third kappa shape index (κ3) is 4.53. The topological polar surface area (TPSA) is 66.2 Å². The van der Waals surface area contributed by atoms with Crippen LogP contribution < -0.4 is 9.47 Å². The Morgan fingerprint density at radius 3 is 2.31 bits per heavy atom. The molecule has 0 bridgehead atoms. The van der Waals surface area contributed by atoms with Gasteiger partial charge in [0.05, 0.1) is 20.0 Å². The molecule has 0 unspecified atom stereocenters. The van der Waals surface area contributed by atoms with Crippen LogP contribution in [0.1, 0.15) is 15.9 Å². The second kappa shape index (κ2) is 9.70. The Kier molecular flexibility index (Phi) is 6.56. The van der Waals surface area contributed by atoms with Crippen LogP contribution in [0.4, 0.5) is 0 Å². The first-order valence-corrected chi connectivity index (χ1v) is 11.0. The Hall–Kier alpha value is -3.58. The Morgan fingerprint density at radius 2 is 1.62 bits per heavy atom. The van der Waals surface area contributed by atoms with E-state index in [0.717, 1.165) is 17.1 Å². The van der Waals surface area contributed by atoms with Gasteiger partial charge in [-0.2, -0.15) is 0 Å². The van der Waals surface area contributed by atoms with Crippen molar-refractivity contribution in [2.24, 2.45) is 0 Å². The first-order valence-electron chi connectivity index (χ1n) is 10.1. The molecular weight excluding hydrogens is 422 g/mol. The molecule has 0 N–H and O–H groups in total. The largest absolute Gasteiger partial charge is 0.493 e. The zero-order valence-corrected chi connectivity index (χ0v) is 18.9. The fourth-order valence-corrected chi connectivity index (χ4v) is 4.13. The standard InChI is InChI=1S/C25H23N3O3S/c1-17-9-12-20(13-10-17)28-24(18-7-5-4-6-8-18)26-27-25(28)32-16-21(29)19-11-14-22(30-2)23(15-19)31-3/h4-15H,16H2,1-3H3. The summed E-state index contributed by atoms with van der Waals surface area (Å²) in [6.07, 6.45) is 0. The molecule has 0 aliphatic rings. The second-order valence-corrected chi connectivity index (χ2v) is 8.07. The number of rotatable bonds is 8. The van der Waals surface area contributed by atoms with Gasteiger partial charge in [-0.25, -0.2) is 0 Å². The zero-order valence-electron chi connectivity index (χ0n) is 18.1. The summed E-state index contributed by atoms with van der Waals surface area (Å²) in [6.45, 7) is 2.05. The maximum absolute atomic E-state index is 12.9. The molecule has 3 aromatic carbocycles. The normalized spacial score (nSPS) is 10.7. The van der Waals surface area contributed by atoms with Gasteiger partial charge in [0, 0.05) is 16.8 Å². The number of aromatic nitrogens is 3. The summed E-state index contributed by atoms with van der Waals surface area (Å²) in [4.78, 5) is 12.9. The van der Waals surface area contributed by atoms with Crippen molar-refractivity contribution in [3.8, 4) is 28.6 Å². The highest BCUT2D eigenvalue weighted by Gasteiger charge is 2.18. The minimum Gasteiger partial charge on any atom is -0.493 e. The molecule has 0 fully saturated rings. The van der Waals surface area contributed by atoms with Crippen LogP contribution in [0.2, 0.25) is 0 Å². The molecule has 162 valence electrons. The average Bonchev–Trinajstić information content (AvgIpc) is 3.27. The van der Waals surface area contributed by atoms with Crippen molar-refractivity contribution in [3.63, 3.8) is 0 Å². The van der Waals surface area contributed by atoms with Crippen LogP contribution in [0.3, 0.4) is 0 Å². The van der Waals surface area contributed by atoms with Crippen molar-refractivity contribution in [1.82, 2.24) is 14.8 Å². The number of carbonyl (C=O) groups is 1. The van der Waals surface area contributed by atoms with Crippen molar-refractivity contribution in [1.29, 1.82) is 0 Å².